The van der Waals surface area contributed by atoms with Gasteiger partial charge in [0.15, 0.2) is 5.96 Å². The number of hydrogen-bond donors (Lipinski definition) is 2. The topological polar surface area (TPSA) is 52.1 Å². The maximum absolute atomic E-state index is 5.52. The van der Waals surface area contributed by atoms with Crippen molar-refractivity contribution in [1.29, 1.82) is 0 Å². The van der Waals surface area contributed by atoms with Crippen LogP contribution in [0, 0.1) is 0 Å². The first-order chi connectivity index (χ1) is 16.3. The molecule has 2 aliphatic heterocycles. The van der Waals surface area contributed by atoms with Crippen molar-refractivity contribution in [3.63, 3.8) is 0 Å². The first-order valence-electron chi connectivity index (χ1n) is 12.5. The van der Waals surface area contributed by atoms with Crippen LogP contribution in [0.25, 0.3) is 0 Å². The standard InChI is InChI=1S/C27H39N5O.HI/c1-2-28-27(30-21-25-8-4-5-9-26(25)32-16-18-33-19-17-32)29-20-23-10-12-24(13-11-23)22-31-14-6-3-7-15-31;/h4-5,8-13H,2-3,6-7,14-22H2,1H3,(H2,28,29,30);1H. The van der Waals surface area contributed by atoms with E-state index in [1.54, 1.807) is 0 Å². The summed E-state index contributed by atoms with van der Waals surface area (Å²) in [5, 5.41) is 6.91. The minimum atomic E-state index is 0. The number of para-hydroxylation sites is 1. The molecule has 0 atom stereocenters. The van der Waals surface area contributed by atoms with Crippen LogP contribution >= 0.6 is 24.0 Å². The van der Waals surface area contributed by atoms with Crippen molar-refractivity contribution in [2.75, 3.05) is 50.8 Å². The number of morpholine rings is 1. The van der Waals surface area contributed by atoms with Crippen LogP contribution in [0.1, 0.15) is 42.9 Å². The highest BCUT2D eigenvalue weighted by Crippen LogP contribution is 2.21. The van der Waals surface area contributed by atoms with Crippen molar-refractivity contribution in [2.24, 2.45) is 4.99 Å². The SMILES string of the molecule is CCNC(=NCc1ccc(CN2CCCCC2)cc1)NCc1ccccc1N1CCOCC1.I. The molecular weight excluding hydrogens is 537 g/mol. The van der Waals surface area contributed by atoms with Crippen LogP contribution in [0.5, 0.6) is 0 Å². The van der Waals surface area contributed by atoms with Crippen LogP contribution in [-0.4, -0.2) is 56.8 Å². The first kappa shape index (κ1) is 26.8. The van der Waals surface area contributed by atoms with Crippen molar-refractivity contribution >= 4 is 35.6 Å². The van der Waals surface area contributed by atoms with Gasteiger partial charge in [-0.25, -0.2) is 4.99 Å². The molecule has 0 saturated carbocycles. The number of aliphatic imine (C=N–C) groups is 1. The van der Waals surface area contributed by atoms with E-state index in [1.807, 2.05) is 0 Å². The van der Waals surface area contributed by atoms with Crippen LogP contribution in [0.3, 0.4) is 0 Å². The fourth-order valence-corrected chi connectivity index (χ4v) is 4.59. The number of halogens is 1. The number of nitrogens with zero attached hydrogens (tertiary/aromatic N) is 3. The van der Waals surface area contributed by atoms with E-state index in [0.29, 0.717) is 6.54 Å². The van der Waals surface area contributed by atoms with E-state index in [9.17, 15) is 0 Å². The van der Waals surface area contributed by atoms with Crippen LogP contribution in [0.2, 0.25) is 0 Å². The summed E-state index contributed by atoms with van der Waals surface area (Å²) < 4.78 is 5.52. The number of likely N-dealkylation sites (tertiary alicyclic amines) is 1. The summed E-state index contributed by atoms with van der Waals surface area (Å²) in [7, 11) is 0. The number of nitrogens with one attached hydrogen (secondary N) is 2. The van der Waals surface area contributed by atoms with E-state index < -0.39 is 0 Å². The van der Waals surface area contributed by atoms with Crippen LogP contribution < -0.4 is 15.5 Å². The summed E-state index contributed by atoms with van der Waals surface area (Å²) in [5.41, 5.74) is 5.21. The van der Waals surface area contributed by atoms with Gasteiger partial charge in [0, 0.05) is 38.4 Å². The molecule has 7 heteroatoms. The molecule has 0 bridgehead atoms. The second-order valence-corrected chi connectivity index (χ2v) is 8.93. The molecule has 0 unspecified atom stereocenters. The molecule has 4 rings (SSSR count). The van der Waals surface area contributed by atoms with Crippen molar-refractivity contribution in [3.05, 3.63) is 65.2 Å². The van der Waals surface area contributed by atoms with Crippen molar-refractivity contribution in [2.45, 2.75) is 45.8 Å². The molecule has 0 amide bonds. The fourth-order valence-electron chi connectivity index (χ4n) is 4.59. The van der Waals surface area contributed by atoms with Gasteiger partial charge in [-0.05, 0) is 55.6 Å². The number of rotatable bonds is 8. The molecular formula is C27H40IN5O. The lowest BCUT2D eigenvalue weighted by molar-refractivity contribution is 0.122. The summed E-state index contributed by atoms with van der Waals surface area (Å²) in [6.07, 6.45) is 4.06. The van der Waals surface area contributed by atoms with Gasteiger partial charge in [-0.15, -0.1) is 24.0 Å². The Morgan fingerprint density at radius 3 is 2.32 bits per heavy atom. The second-order valence-electron chi connectivity index (χ2n) is 8.93. The number of benzene rings is 2. The summed E-state index contributed by atoms with van der Waals surface area (Å²) in [5.74, 6) is 0.853. The minimum Gasteiger partial charge on any atom is -0.378 e. The largest absolute Gasteiger partial charge is 0.378 e. The molecule has 0 aliphatic carbocycles. The number of hydrogen-bond acceptors (Lipinski definition) is 4. The van der Waals surface area contributed by atoms with E-state index in [-0.39, 0.29) is 24.0 Å². The van der Waals surface area contributed by atoms with E-state index in [2.05, 4.69) is 75.9 Å². The Morgan fingerprint density at radius 1 is 0.882 bits per heavy atom. The van der Waals surface area contributed by atoms with Crippen molar-refractivity contribution < 1.29 is 4.74 Å². The molecule has 2 saturated heterocycles. The Bertz CT molecular complexity index is 877. The molecule has 2 aromatic carbocycles. The van der Waals surface area contributed by atoms with Gasteiger partial charge in [0.25, 0.3) is 0 Å². The lowest BCUT2D eigenvalue weighted by atomic mass is 10.1. The molecule has 0 spiro atoms. The van der Waals surface area contributed by atoms with E-state index in [0.717, 1.165) is 51.9 Å². The van der Waals surface area contributed by atoms with Crippen LogP contribution in [0.4, 0.5) is 5.69 Å². The van der Waals surface area contributed by atoms with Crippen molar-refractivity contribution in [1.82, 2.24) is 15.5 Å². The third kappa shape index (κ3) is 8.13. The highest BCUT2D eigenvalue weighted by atomic mass is 127. The van der Waals surface area contributed by atoms with Gasteiger partial charge in [-0.3, -0.25) is 4.90 Å². The highest BCUT2D eigenvalue weighted by molar-refractivity contribution is 14.0. The number of guanidine groups is 1. The minimum absolute atomic E-state index is 0. The molecule has 6 nitrogen and oxygen atoms in total. The normalized spacial score (nSPS) is 17.2. The Hall–Kier alpha value is -1.84. The third-order valence-electron chi connectivity index (χ3n) is 6.43. The Kier molecular flexibility index (Phi) is 11.4. The van der Waals surface area contributed by atoms with E-state index >= 15 is 0 Å². The lowest BCUT2D eigenvalue weighted by Gasteiger charge is -2.30. The zero-order valence-corrected chi connectivity index (χ0v) is 22.8. The second kappa shape index (κ2) is 14.5. The van der Waals surface area contributed by atoms with Crippen molar-refractivity contribution in [3.8, 4) is 0 Å². The van der Waals surface area contributed by atoms with Gasteiger partial charge in [-0.1, -0.05) is 48.9 Å². The number of piperidine rings is 1. The number of ether oxygens (including phenoxy) is 1. The summed E-state index contributed by atoms with van der Waals surface area (Å²) in [6, 6.07) is 17.6. The Balaban J connectivity index is 0.00000324. The van der Waals surface area contributed by atoms with Gasteiger partial charge < -0.3 is 20.3 Å². The third-order valence-corrected chi connectivity index (χ3v) is 6.43. The van der Waals surface area contributed by atoms with Gasteiger partial charge in [-0.2, -0.15) is 0 Å². The summed E-state index contributed by atoms with van der Waals surface area (Å²) >= 11 is 0. The predicted molar refractivity (Wildman–Crippen MR) is 152 cm³/mol. The molecule has 186 valence electrons. The quantitative estimate of drug-likeness (QED) is 0.277. The van der Waals surface area contributed by atoms with Gasteiger partial charge in [0.1, 0.15) is 0 Å². The zero-order chi connectivity index (χ0) is 22.7. The first-order valence-corrected chi connectivity index (χ1v) is 12.5. The molecule has 2 aromatic rings. The molecule has 0 radical (unpaired) electrons. The smallest absolute Gasteiger partial charge is 0.191 e. The highest BCUT2D eigenvalue weighted by Gasteiger charge is 2.14. The molecule has 0 aromatic heterocycles. The lowest BCUT2D eigenvalue weighted by Crippen LogP contribution is -2.39. The predicted octanol–water partition coefficient (Wildman–Crippen LogP) is 4.38. The molecule has 2 fully saturated rings. The van der Waals surface area contributed by atoms with E-state index in [4.69, 9.17) is 9.73 Å². The van der Waals surface area contributed by atoms with E-state index in [1.165, 1.54) is 54.7 Å². The fraction of sp³-hybridized carbons (Fsp3) is 0.519. The Labute approximate surface area is 222 Å². The molecule has 34 heavy (non-hydrogen) atoms. The molecule has 2 N–H and O–H groups in total. The Morgan fingerprint density at radius 2 is 1.59 bits per heavy atom. The van der Waals surface area contributed by atoms with Crippen LogP contribution in [0.15, 0.2) is 53.5 Å². The average Bonchev–Trinajstić information content (AvgIpc) is 2.88. The van der Waals surface area contributed by atoms with Crippen LogP contribution in [-0.2, 0) is 24.4 Å². The van der Waals surface area contributed by atoms with Gasteiger partial charge in [0.2, 0.25) is 0 Å². The zero-order valence-electron chi connectivity index (χ0n) is 20.5. The maximum Gasteiger partial charge on any atom is 0.191 e. The maximum atomic E-state index is 5.52. The summed E-state index contributed by atoms with van der Waals surface area (Å²) in [6.45, 7) is 11.4. The number of anilines is 1. The van der Waals surface area contributed by atoms with Gasteiger partial charge >= 0.3 is 0 Å². The monoisotopic (exact) mass is 577 g/mol. The summed E-state index contributed by atoms with van der Waals surface area (Å²) in [4.78, 5) is 9.82. The molecule has 2 aliphatic rings. The molecule has 2 heterocycles. The van der Waals surface area contributed by atoms with Gasteiger partial charge in [0.05, 0.1) is 19.8 Å². The average molecular weight is 578 g/mol.